The quantitative estimate of drug-likeness (QED) is 0.762. The van der Waals surface area contributed by atoms with Gasteiger partial charge in [0.1, 0.15) is 5.52 Å². The first kappa shape index (κ1) is 12.0. The molecule has 2 heterocycles. The lowest BCUT2D eigenvalue weighted by molar-refractivity contribution is 0.103. The summed E-state index contributed by atoms with van der Waals surface area (Å²) < 4.78 is 5.46. The van der Waals surface area contributed by atoms with Gasteiger partial charge < -0.3 is 9.73 Å². The third-order valence-electron chi connectivity index (χ3n) is 2.50. The highest BCUT2D eigenvalue weighted by Gasteiger charge is 2.12. The van der Waals surface area contributed by atoms with E-state index < -0.39 is 5.76 Å². The molecule has 0 saturated carbocycles. The van der Waals surface area contributed by atoms with E-state index >= 15 is 0 Å². The van der Waals surface area contributed by atoms with E-state index in [0.29, 0.717) is 26.0 Å². The minimum absolute atomic E-state index is 0.286. The molecule has 2 aromatic heterocycles. The summed E-state index contributed by atoms with van der Waals surface area (Å²) in [4.78, 5) is 26.2. The number of carbonyl (C=O) groups excluding carboxylic acids is 1. The van der Waals surface area contributed by atoms with Gasteiger partial charge in [-0.25, -0.2) is 4.79 Å². The number of amides is 1. The number of oxazole rings is 1. The molecule has 0 spiro atoms. The number of rotatable bonds is 2. The first-order valence-corrected chi connectivity index (χ1v) is 6.51. The predicted octanol–water partition coefficient (Wildman–Crippen LogP) is 3.09. The second-order valence-corrected chi connectivity index (χ2v) is 5.47. The first-order chi connectivity index (χ1) is 9.13. The number of hydrogen-bond donors (Lipinski definition) is 2. The van der Waals surface area contributed by atoms with E-state index in [9.17, 15) is 9.59 Å². The van der Waals surface area contributed by atoms with Crippen molar-refractivity contribution in [3.05, 3.63) is 50.1 Å². The highest BCUT2D eigenvalue weighted by molar-refractivity contribution is 7.18. The molecule has 0 saturated heterocycles. The fraction of sp³-hybridized carbons (Fsp3) is 0. The minimum Gasteiger partial charge on any atom is -0.408 e. The Labute approximate surface area is 115 Å². The Bertz CT molecular complexity index is 818. The normalized spacial score (nSPS) is 10.8. The molecule has 1 amide bonds. The molecule has 0 aliphatic rings. The maximum atomic E-state index is 12.0. The lowest BCUT2D eigenvalue weighted by atomic mass is 10.2. The monoisotopic (exact) mass is 294 g/mol. The van der Waals surface area contributed by atoms with Crippen LogP contribution < -0.4 is 11.1 Å². The van der Waals surface area contributed by atoms with Gasteiger partial charge in [0.25, 0.3) is 5.91 Å². The van der Waals surface area contributed by atoms with E-state index in [1.165, 1.54) is 11.3 Å². The van der Waals surface area contributed by atoms with Gasteiger partial charge in [-0.1, -0.05) is 17.7 Å². The zero-order chi connectivity index (χ0) is 13.4. The first-order valence-electron chi connectivity index (χ1n) is 5.32. The lowest BCUT2D eigenvalue weighted by Crippen LogP contribution is -2.10. The predicted molar refractivity (Wildman–Crippen MR) is 74.1 cm³/mol. The van der Waals surface area contributed by atoms with Crippen molar-refractivity contribution in [2.24, 2.45) is 0 Å². The van der Waals surface area contributed by atoms with Crippen LogP contribution in [0.25, 0.3) is 11.1 Å². The molecule has 3 aromatic rings. The van der Waals surface area contributed by atoms with Gasteiger partial charge >= 0.3 is 5.76 Å². The van der Waals surface area contributed by atoms with Crippen molar-refractivity contribution in [3.8, 4) is 0 Å². The number of nitrogens with one attached hydrogen (secondary N) is 2. The Morgan fingerprint density at radius 2 is 2.16 bits per heavy atom. The van der Waals surface area contributed by atoms with Crippen LogP contribution in [0.5, 0.6) is 0 Å². The van der Waals surface area contributed by atoms with E-state index in [1.807, 2.05) is 0 Å². The zero-order valence-corrected chi connectivity index (χ0v) is 11.0. The van der Waals surface area contributed by atoms with E-state index in [1.54, 1.807) is 30.3 Å². The minimum atomic E-state index is -0.559. The molecule has 3 rings (SSSR count). The van der Waals surface area contributed by atoms with E-state index in [0.717, 1.165) is 0 Å². The Morgan fingerprint density at radius 1 is 1.32 bits per heavy atom. The average molecular weight is 295 g/mol. The maximum absolute atomic E-state index is 12.0. The maximum Gasteiger partial charge on any atom is 0.417 e. The number of halogens is 1. The second kappa shape index (κ2) is 4.56. The molecule has 0 bridgehead atoms. The molecule has 7 heteroatoms. The fourth-order valence-corrected chi connectivity index (χ4v) is 2.64. The van der Waals surface area contributed by atoms with Gasteiger partial charge in [0.2, 0.25) is 0 Å². The number of hydrogen-bond acceptors (Lipinski definition) is 4. The number of fused-ring (bicyclic) bond motifs is 1. The van der Waals surface area contributed by atoms with Crippen molar-refractivity contribution in [3.63, 3.8) is 0 Å². The summed E-state index contributed by atoms with van der Waals surface area (Å²) in [6, 6.07) is 8.31. The van der Waals surface area contributed by atoms with Gasteiger partial charge in [0, 0.05) is 0 Å². The number of benzene rings is 1. The van der Waals surface area contributed by atoms with Crippen LogP contribution in [-0.4, -0.2) is 10.9 Å². The third-order valence-corrected chi connectivity index (χ3v) is 3.73. The number of aromatic nitrogens is 1. The van der Waals surface area contributed by atoms with Crippen LogP contribution in [0.15, 0.2) is 39.5 Å². The van der Waals surface area contributed by atoms with Gasteiger partial charge in [-0.3, -0.25) is 9.78 Å². The Morgan fingerprint density at radius 3 is 2.89 bits per heavy atom. The molecule has 0 aliphatic carbocycles. The zero-order valence-electron chi connectivity index (χ0n) is 9.40. The number of H-pyrrole nitrogens is 1. The number of anilines is 1. The van der Waals surface area contributed by atoms with Crippen molar-refractivity contribution in [1.29, 1.82) is 0 Å². The van der Waals surface area contributed by atoms with Crippen LogP contribution in [-0.2, 0) is 0 Å². The van der Waals surface area contributed by atoms with E-state index in [-0.39, 0.29) is 5.91 Å². The molecule has 19 heavy (non-hydrogen) atoms. The summed E-state index contributed by atoms with van der Waals surface area (Å²) in [5.74, 6) is -0.845. The van der Waals surface area contributed by atoms with Gasteiger partial charge in [-0.05, 0) is 24.3 Å². The molecule has 96 valence electrons. The van der Waals surface area contributed by atoms with Gasteiger partial charge in [0.05, 0.1) is 14.9 Å². The SMILES string of the molecule is O=C(Nc1cccc2oc(=O)[nH]c12)c1ccc(Cl)s1. The smallest absolute Gasteiger partial charge is 0.408 e. The molecule has 0 radical (unpaired) electrons. The Hall–Kier alpha value is -2.05. The van der Waals surface area contributed by atoms with Crippen molar-refractivity contribution < 1.29 is 9.21 Å². The van der Waals surface area contributed by atoms with Crippen molar-refractivity contribution in [1.82, 2.24) is 4.98 Å². The van der Waals surface area contributed by atoms with Crippen LogP contribution in [0.1, 0.15) is 9.67 Å². The van der Waals surface area contributed by atoms with Crippen LogP contribution in [0.2, 0.25) is 4.34 Å². The third kappa shape index (κ3) is 2.27. The molecule has 0 unspecified atom stereocenters. The number of carbonyl (C=O) groups is 1. The van der Waals surface area contributed by atoms with Crippen LogP contribution >= 0.6 is 22.9 Å². The van der Waals surface area contributed by atoms with Crippen LogP contribution in [0, 0.1) is 0 Å². The molecular formula is C12H7ClN2O3S. The highest BCUT2D eigenvalue weighted by Crippen LogP contribution is 2.24. The topological polar surface area (TPSA) is 75.1 Å². The molecule has 2 N–H and O–H groups in total. The van der Waals surface area contributed by atoms with Crippen molar-refractivity contribution >= 4 is 45.6 Å². The van der Waals surface area contributed by atoms with Crippen LogP contribution in [0.4, 0.5) is 5.69 Å². The molecular weight excluding hydrogens is 288 g/mol. The summed E-state index contributed by atoms with van der Waals surface area (Å²) in [5, 5.41) is 2.71. The Kier molecular flexibility index (Phi) is 2.88. The largest absolute Gasteiger partial charge is 0.417 e. The summed E-state index contributed by atoms with van der Waals surface area (Å²) >= 11 is 6.97. The number of aromatic amines is 1. The Balaban J connectivity index is 1.97. The van der Waals surface area contributed by atoms with Gasteiger partial charge in [-0.15, -0.1) is 11.3 Å². The standard InChI is InChI=1S/C12H7ClN2O3S/c13-9-5-4-8(19-9)11(16)14-6-2-1-3-7-10(6)15-12(17)18-7/h1-5H,(H,14,16)(H,15,17). The van der Waals surface area contributed by atoms with E-state index in [2.05, 4.69) is 10.3 Å². The van der Waals surface area contributed by atoms with Crippen LogP contribution in [0.3, 0.4) is 0 Å². The molecule has 0 fully saturated rings. The second-order valence-electron chi connectivity index (χ2n) is 3.75. The van der Waals surface area contributed by atoms with E-state index in [4.69, 9.17) is 16.0 Å². The molecule has 0 aliphatic heterocycles. The number of para-hydroxylation sites is 1. The highest BCUT2D eigenvalue weighted by atomic mass is 35.5. The lowest BCUT2D eigenvalue weighted by Gasteiger charge is -2.03. The summed E-state index contributed by atoms with van der Waals surface area (Å²) in [6.07, 6.45) is 0. The summed E-state index contributed by atoms with van der Waals surface area (Å²) in [5.41, 5.74) is 1.34. The molecule has 1 aromatic carbocycles. The molecule has 5 nitrogen and oxygen atoms in total. The molecule has 0 atom stereocenters. The van der Waals surface area contributed by atoms with Crippen molar-refractivity contribution in [2.45, 2.75) is 0 Å². The van der Waals surface area contributed by atoms with Crippen molar-refractivity contribution in [2.75, 3.05) is 5.32 Å². The number of thiophene rings is 1. The summed E-state index contributed by atoms with van der Waals surface area (Å²) in [7, 11) is 0. The fourth-order valence-electron chi connectivity index (χ4n) is 1.70. The van der Waals surface area contributed by atoms with Gasteiger partial charge in [0.15, 0.2) is 5.58 Å². The summed E-state index contributed by atoms with van der Waals surface area (Å²) in [6.45, 7) is 0. The average Bonchev–Trinajstić information content (AvgIpc) is 2.95. The van der Waals surface area contributed by atoms with Gasteiger partial charge in [-0.2, -0.15) is 0 Å².